The predicted octanol–water partition coefficient (Wildman–Crippen LogP) is 3.75. The number of aromatic amines is 1. The number of benzene rings is 2. The molecule has 0 aliphatic carbocycles. The Kier molecular flexibility index (Phi) is 7.75. The zero-order chi connectivity index (χ0) is 25.5. The van der Waals surface area contributed by atoms with E-state index in [9.17, 15) is 4.79 Å². The topological polar surface area (TPSA) is 122 Å². The lowest BCUT2D eigenvalue weighted by atomic mass is 9.98. The Bertz CT molecular complexity index is 1320. The Labute approximate surface area is 215 Å². The molecule has 3 heterocycles. The van der Waals surface area contributed by atoms with E-state index in [1.54, 1.807) is 11.1 Å². The molecule has 10 heteroatoms. The van der Waals surface area contributed by atoms with Crippen LogP contribution in [0.2, 0.25) is 0 Å². The number of amides is 1. The summed E-state index contributed by atoms with van der Waals surface area (Å²) in [7, 11) is 0. The van der Waals surface area contributed by atoms with Gasteiger partial charge in [0.1, 0.15) is 17.2 Å². The van der Waals surface area contributed by atoms with Gasteiger partial charge < -0.3 is 15.0 Å². The van der Waals surface area contributed by atoms with E-state index in [1.807, 2.05) is 24.3 Å². The van der Waals surface area contributed by atoms with E-state index in [0.717, 1.165) is 47.3 Å². The van der Waals surface area contributed by atoms with Crippen LogP contribution in [0.3, 0.4) is 0 Å². The molecule has 190 valence electrons. The molecule has 1 fully saturated rings. The number of morpholine rings is 1. The fraction of sp³-hybridized carbons (Fsp3) is 0.333. The molecule has 10 nitrogen and oxygen atoms in total. The fourth-order valence-corrected chi connectivity index (χ4v) is 4.30. The molecule has 4 aromatic rings. The zero-order valence-electron chi connectivity index (χ0n) is 20.9. The first-order chi connectivity index (χ1) is 18.2. The van der Waals surface area contributed by atoms with Crippen molar-refractivity contribution in [3.05, 3.63) is 71.7 Å². The van der Waals surface area contributed by atoms with Crippen molar-refractivity contribution in [2.45, 2.75) is 32.7 Å². The highest BCUT2D eigenvalue weighted by Crippen LogP contribution is 2.30. The van der Waals surface area contributed by atoms with Crippen molar-refractivity contribution in [2.24, 2.45) is 0 Å². The normalized spacial score (nSPS) is 13.5. The second-order valence-corrected chi connectivity index (χ2v) is 8.89. The van der Waals surface area contributed by atoms with Crippen LogP contribution in [0.4, 0.5) is 5.82 Å². The van der Waals surface area contributed by atoms with Gasteiger partial charge in [-0.2, -0.15) is 5.21 Å². The summed E-state index contributed by atoms with van der Waals surface area (Å²) >= 11 is 0. The quantitative estimate of drug-likeness (QED) is 0.358. The number of anilines is 1. The molecule has 0 atom stereocenters. The molecule has 2 aromatic heterocycles. The number of nitrogens with one attached hydrogen (secondary N) is 2. The summed E-state index contributed by atoms with van der Waals surface area (Å²) in [6.07, 6.45) is 4.51. The van der Waals surface area contributed by atoms with Crippen LogP contribution in [0.1, 0.15) is 41.5 Å². The number of aromatic nitrogens is 6. The number of tetrazole rings is 1. The summed E-state index contributed by atoms with van der Waals surface area (Å²) in [6, 6.07) is 16.3. The van der Waals surface area contributed by atoms with Gasteiger partial charge in [0.25, 0.3) is 5.91 Å². The minimum absolute atomic E-state index is 0.0683. The van der Waals surface area contributed by atoms with Crippen LogP contribution < -0.4 is 5.32 Å². The lowest BCUT2D eigenvalue weighted by Gasteiger charge is -2.27. The zero-order valence-corrected chi connectivity index (χ0v) is 20.9. The van der Waals surface area contributed by atoms with E-state index in [2.05, 4.69) is 62.1 Å². The average molecular weight is 499 g/mol. The minimum atomic E-state index is -0.0683. The number of carbonyl (C=O) groups is 1. The standard InChI is InChI=1S/C27H30N8O2/c1-2-3-8-24-28-18-23(27(36)35-13-15-37-16-14-35)25(30-24)29-17-19-9-11-20(12-10-19)21-6-4-5-7-22(21)26-31-33-34-32-26/h4-7,9-12,18H,2-3,8,13-17H2,1H3,(H,28,29,30)(H,31,32,33,34). The highest BCUT2D eigenvalue weighted by molar-refractivity contribution is 5.98. The number of hydrogen-bond donors (Lipinski definition) is 2. The third kappa shape index (κ3) is 5.80. The molecule has 5 rings (SSSR count). The van der Waals surface area contributed by atoms with Gasteiger partial charge in [0, 0.05) is 37.8 Å². The molecule has 2 aromatic carbocycles. The van der Waals surface area contributed by atoms with Gasteiger partial charge in [0.2, 0.25) is 5.82 Å². The third-order valence-electron chi connectivity index (χ3n) is 6.36. The molecule has 1 saturated heterocycles. The number of rotatable bonds is 9. The second kappa shape index (κ2) is 11.7. The Morgan fingerprint density at radius 3 is 2.59 bits per heavy atom. The van der Waals surface area contributed by atoms with E-state index in [1.165, 1.54) is 0 Å². The minimum Gasteiger partial charge on any atom is -0.378 e. The van der Waals surface area contributed by atoms with Gasteiger partial charge in [0.15, 0.2) is 0 Å². The molecule has 37 heavy (non-hydrogen) atoms. The first-order valence-corrected chi connectivity index (χ1v) is 12.6. The monoisotopic (exact) mass is 498 g/mol. The molecular formula is C27H30N8O2. The van der Waals surface area contributed by atoms with Crippen molar-refractivity contribution in [3.8, 4) is 22.5 Å². The van der Waals surface area contributed by atoms with Crippen molar-refractivity contribution in [1.29, 1.82) is 0 Å². The molecule has 1 aliphatic rings. The van der Waals surface area contributed by atoms with Crippen molar-refractivity contribution < 1.29 is 9.53 Å². The Morgan fingerprint density at radius 2 is 1.86 bits per heavy atom. The highest BCUT2D eigenvalue weighted by atomic mass is 16.5. The molecule has 1 amide bonds. The summed E-state index contributed by atoms with van der Waals surface area (Å²) in [5, 5.41) is 17.9. The predicted molar refractivity (Wildman–Crippen MR) is 140 cm³/mol. The van der Waals surface area contributed by atoms with E-state index < -0.39 is 0 Å². The lowest BCUT2D eigenvalue weighted by molar-refractivity contribution is 0.0303. The van der Waals surface area contributed by atoms with Crippen LogP contribution >= 0.6 is 0 Å². The van der Waals surface area contributed by atoms with Crippen LogP contribution in [0.25, 0.3) is 22.5 Å². The first kappa shape index (κ1) is 24.5. The summed E-state index contributed by atoms with van der Waals surface area (Å²) in [4.78, 5) is 24.2. The fourth-order valence-electron chi connectivity index (χ4n) is 4.30. The molecule has 0 saturated carbocycles. The summed E-state index contributed by atoms with van der Waals surface area (Å²) in [6.45, 7) is 4.91. The molecule has 1 aliphatic heterocycles. The van der Waals surface area contributed by atoms with Crippen LogP contribution in [-0.2, 0) is 17.7 Å². The first-order valence-electron chi connectivity index (χ1n) is 12.6. The van der Waals surface area contributed by atoms with Gasteiger partial charge >= 0.3 is 0 Å². The van der Waals surface area contributed by atoms with Gasteiger partial charge in [-0.15, -0.1) is 10.2 Å². The molecule has 0 unspecified atom stereocenters. The van der Waals surface area contributed by atoms with Gasteiger partial charge in [-0.25, -0.2) is 9.97 Å². The molecule has 0 spiro atoms. The van der Waals surface area contributed by atoms with Crippen LogP contribution in [-0.4, -0.2) is 67.7 Å². The van der Waals surface area contributed by atoms with E-state index in [4.69, 9.17) is 9.72 Å². The smallest absolute Gasteiger partial charge is 0.259 e. The maximum Gasteiger partial charge on any atom is 0.259 e. The largest absolute Gasteiger partial charge is 0.378 e. The number of H-pyrrole nitrogens is 1. The van der Waals surface area contributed by atoms with Crippen LogP contribution in [0.5, 0.6) is 0 Å². The third-order valence-corrected chi connectivity index (χ3v) is 6.36. The molecule has 0 radical (unpaired) electrons. The van der Waals surface area contributed by atoms with E-state index in [-0.39, 0.29) is 5.91 Å². The van der Waals surface area contributed by atoms with Gasteiger partial charge in [-0.05, 0) is 28.3 Å². The maximum atomic E-state index is 13.2. The SMILES string of the molecule is CCCCc1ncc(C(=O)N2CCOCC2)c(NCc2ccc(-c3ccccc3-c3nn[nH]n3)cc2)n1. The van der Waals surface area contributed by atoms with Crippen molar-refractivity contribution in [2.75, 3.05) is 31.6 Å². The number of unbranched alkanes of at least 4 members (excludes halogenated alkanes) is 1. The number of aryl methyl sites for hydroxylation is 1. The Hall–Kier alpha value is -4.18. The highest BCUT2D eigenvalue weighted by Gasteiger charge is 2.23. The van der Waals surface area contributed by atoms with Crippen molar-refractivity contribution in [1.82, 2.24) is 35.5 Å². The second-order valence-electron chi connectivity index (χ2n) is 8.89. The summed E-state index contributed by atoms with van der Waals surface area (Å²) < 4.78 is 5.40. The van der Waals surface area contributed by atoms with Crippen LogP contribution in [0, 0.1) is 0 Å². The van der Waals surface area contributed by atoms with Crippen molar-refractivity contribution >= 4 is 11.7 Å². The number of ether oxygens (including phenoxy) is 1. The van der Waals surface area contributed by atoms with E-state index in [0.29, 0.717) is 50.1 Å². The van der Waals surface area contributed by atoms with Crippen LogP contribution in [0.15, 0.2) is 54.7 Å². The average Bonchev–Trinajstić information content (AvgIpc) is 3.50. The number of hydrogen-bond acceptors (Lipinski definition) is 8. The lowest BCUT2D eigenvalue weighted by Crippen LogP contribution is -2.41. The van der Waals surface area contributed by atoms with Gasteiger partial charge in [-0.3, -0.25) is 4.79 Å². The summed E-state index contributed by atoms with van der Waals surface area (Å²) in [5.74, 6) is 1.81. The van der Waals surface area contributed by atoms with E-state index >= 15 is 0 Å². The van der Waals surface area contributed by atoms with Gasteiger partial charge in [0.05, 0.1) is 13.2 Å². The molecule has 0 bridgehead atoms. The maximum absolute atomic E-state index is 13.2. The Morgan fingerprint density at radius 1 is 1.08 bits per heavy atom. The number of nitrogens with zero attached hydrogens (tertiary/aromatic N) is 6. The Balaban J connectivity index is 1.34. The molecular weight excluding hydrogens is 468 g/mol. The van der Waals surface area contributed by atoms with Gasteiger partial charge in [-0.1, -0.05) is 61.9 Å². The number of carbonyl (C=O) groups excluding carboxylic acids is 1. The van der Waals surface area contributed by atoms with Crippen molar-refractivity contribution in [3.63, 3.8) is 0 Å². The molecule has 2 N–H and O–H groups in total. The summed E-state index contributed by atoms with van der Waals surface area (Å²) in [5.41, 5.74) is 4.55.